The molecule has 0 radical (unpaired) electrons. The second-order valence-corrected chi connectivity index (χ2v) is 11.2. The lowest BCUT2D eigenvalue weighted by Gasteiger charge is -2.21. The third-order valence-corrected chi connectivity index (χ3v) is 6.80. The topological polar surface area (TPSA) is 139 Å². The van der Waals surface area contributed by atoms with Crippen molar-refractivity contribution < 1.29 is 29.3 Å². The average Bonchev–Trinajstić information content (AvgIpc) is 2.89. The lowest BCUT2D eigenvalue weighted by molar-refractivity contribution is -0.116. The summed E-state index contributed by atoms with van der Waals surface area (Å²) in [5, 5.41) is 23.4. The summed E-state index contributed by atoms with van der Waals surface area (Å²) >= 11 is 0. The van der Waals surface area contributed by atoms with Gasteiger partial charge in [0.1, 0.15) is 12.2 Å². The maximum atomic E-state index is 12.9. The van der Waals surface area contributed by atoms with Gasteiger partial charge in [-0.1, -0.05) is 66.2 Å². The Morgan fingerprint density at radius 1 is 1.10 bits per heavy atom. The fourth-order valence-electron chi connectivity index (χ4n) is 4.58. The second-order valence-electron chi connectivity index (χ2n) is 11.2. The van der Waals surface area contributed by atoms with Gasteiger partial charge in [0.05, 0.1) is 6.10 Å². The van der Waals surface area contributed by atoms with Crippen LogP contribution in [0.25, 0.3) is 0 Å². The summed E-state index contributed by atoms with van der Waals surface area (Å²) in [5.74, 6) is 0.0490. The molecule has 232 valence electrons. The quantitative estimate of drug-likeness (QED) is 0.175. The molecule has 1 aliphatic carbocycles. The zero-order valence-corrected chi connectivity index (χ0v) is 25.8. The average molecular weight is 583 g/mol. The number of aliphatic hydroxyl groups is 2. The van der Waals surface area contributed by atoms with E-state index in [1.165, 1.54) is 18.2 Å². The number of ketones is 1. The van der Waals surface area contributed by atoms with E-state index in [9.17, 15) is 24.6 Å². The van der Waals surface area contributed by atoms with Crippen molar-refractivity contribution >= 4 is 17.8 Å². The molecule has 1 rings (SSSR count). The molecule has 0 aromatic carbocycles. The van der Waals surface area contributed by atoms with Gasteiger partial charge in [0.2, 0.25) is 5.91 Å². The van der Waals surface area contributed by atoms with Crippen LogP contribution in [0.15, 0.2) is 83.7 Å². The minimum absolute atomic E-state index is 0.0595. The zero-order chi connectivity index (χ0) is 31.5. The van der Waals surface area contributed by atoms with Crippen molar-refractivity contribution in [2.45, 2.75) is 97.9 Å². The predicted octanol–water partition coefficient (Wildman–Crippen LogP) is 5.90. The molecule has 1 aliphatic rings. The molecular formula is C34H50N2O6. The molecule has 0 saturated heterocycles. The number of amides is 2. The van der Waals surface area contributed by atoms with Crippen LogP contribution in [-0.4, -0.2) is 46.3 Å². The van der Waals surface area contributed by atoms with Crippen LogP contribution in [0, 0.1) is 11.8 Å². The van der Waals surface area contributed by atoms with Gasteiger partial charge in [-0.05, 0) is 90.2 Å². The maximum absolute atomic E-state index is 12.9. The first-order valence-corrected chi connectivity index (χ1v) is 14.7. The Bertz CT molecular complexity index is 1090. The van der Waals surface area contributed by atoms with Crippen molar-refractivity contribution in [3.8, 4) is 0 Å². The molecule has 5 atom stereocenters. The molecular weight excluding hydrogens is 532 g/mol. The molecule has 0 spiro atoms. The smallest absolute Gasteiger partial charge is 0.404 e. The van der Waals surface area contributed by atoms with Gasteiger partial charge in [0.25, 0.3) is 0 Å². The normalized spacial score (nSPS) is 28.0. The molecule has 0 aromatic heterocycles. The van der Waals surface area contributed by atoms with Gasteiger partial charge in [-0.2, -0.15) is 0 Å². The van der Waals surface area contributed by atoms with Crippen LogP contribution in [0.4, 0.5) is 4.79 Å². The predicted molar refractivity (Wildman–Crippen MR) is 168 cm³/mol. The van der Waals surface area contributed by atoms with E-state index in [0.29, 0.717) is 38.5 Å². The minimum atomic E-state index is -1.09. The minimum Gasteiger partial charge on any atom is -0.443 e. The molecule has 0 heterocycles. The van der Waals surface area contributed by atoms with Crippen molar-refractivity contribution in [2.75, 3.05) is 0 Å². The van der Waals surface area contributed by atoms with Crippen LogP contribution in [0.1, 0.15) is 79.6 Å². The van der Waals surface area contributed by atoms with Crippen LogP contribution in [-0.2, 0) is 14.3 Å². The fourth-order valence-corrected chi connectivity index (χ4v) is 4.58. The fraction of sp³-hybridized carbons (Fsp3) is 0.500. The molecule has 0 unspecified atom stereocenters. The molecule has 0 bridgehead atoms. The monoisotopic (exact) mass is 582 g/mol. The van der Waals surface area contributed by atoms with Crippen LogP contribution in [0.2, 0.25) is 0 Å². The van der Waals surface area contributed by atoms with E-state index >= 15 is 0 Å². The standard InChI is InChI=1S/C34H50N2O6/c1-24(2)20-33(40)36-19-18-26(4)21-27(5)28-22-25(3)12-8-6-11-15-32(42-34(35)41)31(39)17-16-29(37)13-9-7-10-14-30(38)23-28/h6,8,10,12,14,16-21,27-29,31-32,37,39H,7,9,11,13,15,22-23H2,1-5H3,(H2,35,41)(H,36,40)/b8-6+,14-10+,17-16+,19-18+,25-12+,26-21+/t27-,28+,29+,31+,32+/m0/s1. The number of rotatable bonds is 6. The van der Waals surface area contributed by atoms with Crippen LogP contribution in [0.3, 0.4) is 0 Å². The molecule has 0 aliphatic heterocycles. The summed E-state index contributed by atoms with van der Waals surface area (Å²) < 4.78 is 5.10. The van der Waals surface area contributed by atoms with Crippen molar-refractivity contribution in [3.63, 3.8) is 0 Å². The number of aliphatic hydroxyl groups excluding tert-OH is 2. The highest BCUT2D eigenvalue weighted by Gasteiger charge is 2.21. The lowest BCUT2D eigenvalue weighted by atomic mass is 9.83. The molecule has 8 nitrogen and oxygen atoms in total. The van der Waals surface area contributed by atoms with E-state index < -0.39 is 24.4 Å². The van der Waals surface area contributed by atoms with Crippen LogP contribution < -0.4 is 11.1 Å². The van der Waals surface area contributed by atoms with Crippen LogP contribution in [0.5, 0.6) is 0 Å². The Morgan fingerprint density at radius 3 is 2.52 bits per heavy atom. The molecule has 0 saturated carbocycles. The first kappa shape index (κ1) is 36.5. The number of ether oxygens (including phenoxy) is 1. The first-order chi connectivity index (χ1) is 19.9. The highest BCUT2D eigenvalue weighted by atomic mass is 16.6. The summed E-state index contributed by atoms with van der Waals surface area (Å²) in [7, 11) is 0. The largest absolute Gasteiger partial charge is 0.443 e. The van der Waals surface area contributed by atoms with Gasteiger partial charge in [0, 0.05) is 18.7 Å². The number of carbonyl (C=O) groups excluding carboxylic acids is 3. The van der Waals surface area contributed by atoms with E-state index in [-0.39, 0.29) is 23.5 Å². The van der Waals surface area contributed by atoms with Crippen molar-refractivity contribution in [1.29, 1.82) is 0 Å². The van der Waals surface area contributed by atoms with E-state index in [1.54, 1.807) is 12.3 Å². The van der Waals surface area contributed by atoms with E-state index in [2.05, 4.69) is 18.3 Å². The number of carbonyl (C=O) groups is 3. The second kappa shape index (κ2) is 20.4. The van der Waals surface area contributed by atoms with Crippen molar-refractivity contribution in [1.82, 2.24) is 5.32 Å². The Balaban J connectivity index is 3.09. The Hall–Kier alpha value is -3.49. The molecule has 5 N–H and O–H groups in total. The molecule has 2 amide bonds. The summed E-state index contributed by atoms with van der Waals surface area (Å²) in [6.07, 6.45) is 19.5. The summed E-state index contributed by atoms with van der Waals surface area (Å²) in [6, 6.07) is 0. The van der Waals surface area contributed by atoms with Gasteiger partial charge in [-0.15, -0.1) is 0 Å². The number of hydrogen-bond donors (Lipinski definition) is 4. The zero-order valence-electron chi connectivity index (χ0n) is 25.8. The third kappa shape index (κ3) is 17.4. The van der Waals surface area contributed by atoms with Gasteiger partial charge >= 0.3 is 6.09 Å². The van der Waals surface area contributed by atoms with Gasteiger partial charge in [-0.25, -0.2) is 4.79 Å². The number of nitrogens with one attached hydrogen (secondary N) is 1. The number of hydrogen-bond acceptors (Lipinski definition) is 6. The number of primary amides is 1. The summed E-state index contributed by atoms with van der Waals surface area (Å²) in [6.45, 7) is 9.83. The van der Waals surface area contributed by atoms with Gasteiger partial charge in [-0.3, -0.25) is 9.59 Å². The van der Waals surface area contributed by atoms with E-state index in [1.807, 2.05) is 58.1 Å². The van der Waals surface area contributed by atoms with Crippen molar-refractivity contribution in [3.05, 3.63) is 83.7 Å². The molecule has 0 aromatic rings. The lowest BCUT2D eigenvalue weighted by Crippen LogP contribution is -2.32. The van der Waals surface area contributed by atoms with Crippen molar-refractivity contribution in [2.24, 2.45) is 17.6 Å². The van der Waals surface area contributed by atoms with Crippen LogP contribution >= 0.6 is 0 Å². The Kier molecular flexibility index (Phi) is 17.7. The highest BCUT2D eigenvalue weighted by Crippen LogP contribution is 2.27. The third-order valence-electron chi connectivity index (χ3n) is 6.80. The van der Waals surface area contributed by atoms with Gasteiger partial charge < -0.3 is 26.0 Å². The highest BCUT2D eigenvalue weighted by molar-refractivity contribution is 5.90. The summed E-state index contributed by atoms with van der Waals surface area (Å²) in [4.78, 5) is 36.0. The molecule has 42 heavy (non-hydrogen) atoms. The Morgan fingerprint density at radius 2 is 1.83 bits per heavy atom. The van der Waals surface area contributed by atoms with Gasteiger partial charge in [0.15, 0.2) is 5.78 Å². The number of nitrogens with two attached hydrogens (primary N) is 1. The molecule has 0 fully saturated rings. The Labute approximate surface area is 251 Å². The number of allylic oxidation sites excluding steroid dienone is 10. The van der Waals surface area contributed by atoms with E-state index in [0.717, 1.165) is 23.1 Å². The first-order valence-electron chi connectivity index (χ1n) is 14.7. The maximum Gasteiger partial charge on any atom is 0.404 e. The SMILES string of the molecule is CC(C)=CC(=O)N/C=C/C(C)=C/[C@H](C)[C@H]1CC(=O)/C=C/CCC[C@@H](O)/C=C/[C@@H](O)[C@H](OC(N)=O)CC/C=C/C=C(\C)C1. The summed E-state index contributed by atoms with van der Waals surface area (Å²) in [5.41, 5.74) is 8.21. The molecule has 8 heteroatoms. The van der Waals surface area contributed by atoms with E-state index in [4.69, 9.17) is 10.5 Å².